The quantitative estimate of drug-likeness (QED) is 0.143. The first-order chi connectivity index (χ1) is 13.8. The van der Waals surface area contributed by atoms with Crippen molar-refractivity contribution in [2.24, 2.45) is 0 Å². The summed E-state index contributed by atoms with van der Waals surface area (Å²) in [6.07, 6.45) is 21.0. The number of rotatable bonds is 18. The Balaban J connectivity index is 2.05. The molecule has 1 aromatic rings. The third-order valence-corrected chi connectivity index (χ3v) is 5.46. The zero-order chi connectivity index (χ0) is 20.3. The molecule has 0 saturated heterocycles. The van der Waals surface area contributed by atoms with E-state index in [1.54, 1.807) is 0 Å². The number of hydrogen-bond donors (Lipinski definition) is 0. The van der Waals surface area contributed by atoms with Crippen molar-refractivity contribution in [2.75, 3.05) is 0 Å². The first-order valence-corrected chi connectivity index (χ1v) is 12.1. The molecule has 0 aliphatic rings. The molecule has 0 bridgehead atoms. The summed E-state index contributed by atoms with van der Waals surface area (Å²) in [5, 5.41) is 0. The average molecular weight is 389 g/mol. The molecule has 0 amide bonds. The van der Waals surface area contributed by atoms with Crippen LogP contribution in [0.1, 0.15) is 122 Å². The zero-order valence-corrected chi connectivity index (χ0v) is 18.6. The number of benzene rings is 1. The van der Waals surface area contributed by atoms with Crippen molar-refractivity contribution in [3.63, 3.8) is 0 Å². The second kappa shape index (κ2) is 17.8. The number of ether oxygens (including phenoxy) is 1. The van der Waals surface area contributed by atoms with Gasteiger partial charge in [0.15, 0.2) is 0 Å². The number of hydrogen-bond acceptors (Lipinski definition) is 2. The van der Waals surface area contributed by atoms with E-state index in [2.05, 4.69) is 26.0 Å². The normalized spacial score (nSPS) is 10.9. The van der Waals surface area contributed by atoms with Crippen molar-refractivity contribution in [3.8, 4) is 5.75 Å². The third-order valence-electron chi connectivity index (χ3n) is 5.46. The minimum atomic E-state index is -0.0911. The maximum Gasteiger partial charge on any atom is 0.311 e. The van der Waals surface area contributed by atoms with Crippen LogP contribution in [0.4, 0.5) is 0 Å². The lowest BCUT2D eigenvalue weighted by molar-refractivity contribution is -0.134. The van der Waals surface area contributed by atoms with Gasteiger partial charge >= 0.3 is 5.97 Å². The minimum Gasteiger partial charge on any atom is -0.427 e. The standard InChI is InChI=1S/C26H44O2/c1-3-5-7-9-11-12-13-15-17-19-26(27)28-25-22-20-24(21-23-25)18-16-14-10-8-6-4-2/h20-23H,3-19H2,1-2H3. The van der Waals surface area contributed by atoms with Crippen molar-refractivity contribution in [1.29, 1.82) is 0 Å². The molecule has 0 atom stereocenters. The van der Waals surface area contributed by atoms with Crippen molar-refractivity contribution in [1.82, 2.24) is 0 Å². The van der Waals surface area contributed by atoms with Crippen molar-refractivity contribution >= 4 is 5.97 Å². The smallest absolute Gasteiger partial charge is 0.311 e. The molecule has 2 nitrogen and oxygen atoms in total. The van der Waals surface area contributed by atoms with Crippen molar-refractivity contribution < 1.29 is 9.53 Å². The van der Waals surface area contributed by atoms with E-state index in [-0.39, 0.29) is 5.97 Å². The summed E-state index contributed by atoms with van der Waals surface area (Å²) in [4.78, 5) is 12.0. The molecule has 160 valence electrons. The highest BCUT2D eigenvalue weighted by Gasteiger charge is 2.05. The van der Waals surface area contributed by atoms with Crippen molar-refractivity contribution in [2.45, 2.75) is 123 Å². The molecule has 0 aromatic heterocycles. The molecule has 1 rings (SSSR count). The van der Waals surface area contributed by atoms with E-state index in [1.165, 1.54) is 89.0 Å². The molecule has 0 aliphatic carbocycles. The van der Waals surface area contributed by atoms with Gasteiger partial charge in [-0.25, -0.2) is 0 Å². The van der Waals surface area contributed by atoms with E-state index in [0.29, 0.717) is 12.2 Å². The summed E-state index contributed by atoms with van der Waals surface area (Å²) in [5.41, 5.74) is 1.34. The molecule has 0 radical (unpaired) electrons. The molecule has 0 N–H and O–H groups in total. The van der Waals surface area contributed by atoms with Crippen LogP contribution in [0.5, 0.6) is 5.75 Å². The van der Waals surface area contributed by atoms with Crippen molar-refractivity contribution in [3.05, 3.63) is 29.8 Å². The number of carbonyl (C=O) groups is 1. The Bertz CT molecular complexity index is 478. The molecule has 0 unspecified atom stereocenters. The maximum absolute atomic E-state index is 12.0. The van der Waals surface area contributed by atoms with E-state index in [4.69, 9.17) is 4.74 Å². The summed E-state index contributed by atoms with van der Waals surface area (Å²) in [7, 11) is 0. The van der Waals surface area contributed by atoms with E-state index >= 15 is 0 Å². The van der Waals surface area contributed by atoms with Crippen LogP contribution >= 0.6 is 0 Å². The van der Waals surface area contributed by atoms with Gasteiger partial charge in [0.2, 0.25) is 0 Å². The van der Waals surface area contributed by atoms with Gasteiger partial charge in [0.05, 0.1) is 0 Å². The average Bonchev–Trinajstić information content (AvgIpc) is 2.70. The third kappa shape index (κ3) is 13.8. The lowest BCUT2D eigenvalue weighted by atomic mass is 10.0. The minimum absolute atomic E-state index is 0.0911. The molecule has 2 heteroatoms. The van der Waals surface area contributed by atoms with Gasteiger partial charge in [-0.1, -0.05) is 109 Å². The Morgan fingerprint density at radius 3 is 1.64 bits per heavy atom. The van der Waals surface area contributed by atoms with E-state index in [9.17, 15) is 4.79 Å². The van der Waals surface area contributed by atoms with Gasteiger partial charge in [-0.15, -0.1) is 0 Å². The van der Waals surface area contributed by atoms with Crippen LogP contribution in [0.15, 0.2) is 24.3 Å². The molecule has 0 spiro atoms. The van der Waals surface area contributed by atoms with Crippen LogP contribution < -0.4 is 4.74 Å². The predicted molar refractivity (Wildman–Crippen MR) is 121 cm³/mol. The Kier molecular flexibility index (Phi) is 15.7. The summed E-state index contributed by atoms with van der Waals surface area (Å²) < 4.78 is 5.47. The molecule has 0 heterocycles. The molecule has 28 heavy (non-hydrogen) atoms. The monoisotopic (exact) mass is 388 g/mol. The number of aryl methyl sites for hydroxylation is 1. The van der Waals surface area contributed by atoms with Crippen LogP contribution in [0.2, 0.25) is 0 Å². The van der Waals surface area contributed by atoms with Crippen LogP contribution in [0.3, 0.4) is 0 Å². The van der Waals surface area contributed by atoms with Gasteiger partial charge in [-0.2, -0.15) is 0 Å². The zero-order valence-electron chi connectivity index (χ0n) is 18.6. The second-order valence-electron chi connectivity index (χ2n) is 8.21. The van der Waals surface area contributed by atoms with Gasteiger partial charge < -0.3 is 4.74 Å². The Morgan fingerprint density at radius 1 is 0.643 bits per heavy atom. The van der Waals surface area contributed by atoms with Crippen LogP contribution in [-0.2, 0) is 11.2 Å². The largest absolute Gasteiger partial charge is 0.427 e. The second-order valence-corrected chi connectivity index (χ2v) is 8.21. The summed E-state index contributed by atoms with van der Waals surface area (Å²) >= 11 is 0. The number of esters is 1. The summed E-state index contributed by atoms with van der Waals surface area (Å²) in [5.74, 6) is 0.597. The lowest BCUT2D eigenvalue weighted by Crippen LogP contribution is -2.07. The lowest BCUT2D eigenvalue weighted by Gasteiger charge is -2.06. The van der Waals surface area contributed by atoms with E-state index in [1.807, 2.05) is 12.1 Å². The maximum atomic E-state index is 12.0. The molecule has 0 fully saturated rings. The highest BCUT2D eigenvalue weighted by atomic mass is 16.5. The fourth-order valence-electron chi connectivity index (χ4n) is 3.60. The number of carbonyl (C=O) groups excluding carboxylic acids is 1. The van der Waals surface area contributed by atoms with Crippen LogP contribution in [0.25, 0.3) is 0 Å². The van der Waals surface area contributed by atoms with Crippen LogP contribution in [-0.4, -0.2) is 5.97 Å². The first kappa shape index (κ1) is 24.7. The Labute approximate surface area is 174 Å². The van der Waals surface area contributed by atoms with Gasteiger partial charge in [0, 0.05) is 6.42 Å². The predicted octanol–water partition coefficient (Wildman–Crippen LogP) is 8.42. The Morgan fingerprint density at radius 2 is 1.11 bits per heavy atom. The fraction of sp³-hybridized carbons (Fsp3) is 0.731. The van der Waals surface area contributed by atoms with Crippen LogP contribution in [0, 0.1) is 0 Å². The van der Waals surface area contributed by atoms with Gasteiger partial charge in [-0.3, -0.25) is 4.79 Å². The Hall–Kier alpha value is -1.31. The van der Waals surface area contributed by atoms with Gasteiger partial charge in [-0.05, 0) is 37.0 Å². The SMILES string of the molecule is CCCCCCCCCCCC(=O)Oc1ccc(CCCCCCCC)cc1. The summed E-state index contributed by atoms with van der Waals surface area (Å²) in [6.45, 7) is 4.51. The van der Waals surface area contributed by atoms with E-state index in [0.717, 1.165) is 19.3 Å². The van der Waals surface area contributed by atoms with E-state index < -0.39 is 0 Å². The summed E-state index contributed by atoms with van der Waals surface area (Å²) in [6, 6.07) is 8.10. The highest BCUT2D eigenvalue weighted by molar-refractivity contribution is 5.72. The topological polar surface area (TPSA) is 26.3 Å². The first-order valence-electron chi connectivity index (χ1n) is 12.1. The van der Waals surface area contributed by atoms with Gasteiger partial charge in [0.25, 0.3) is 0 Å². The molecular weight excluding hydrogens is 344 g/mol. The van der Waals surface area contributed by atoms with Gasteiger partial charge in [0.1, 0.15) is 5.75 Å². The molecule has 0 saturated carbocycles. The number of unbranched alkanes of at least 4 members (excludes halogenated alkanes) is 13. The highest BCUT2D eigenvalue weighted by Crippen LogP contribution is 2.16. The molecule has 1 aromatic carbocycles. The molecule has 0 aliphatic heterocycles. The fourth-order valence-corrected chi connectivity index (χ4v) is 3.60. The molecular formula is C26H44O2.